The van der Waals surface area contributed by atoms with Crippen molar-refractivity contribution in [1.82, 2.24) is 20.1 Å². The summed E-state index contributed by atoms with van der Waals surface area (Å²) in [5, 5.41) is 11.0. The maximum Gasteiger partial charge on any atom is 0.319 e. The van der Waals surface area contributed by atoms with Crippen molar-refractivity contribution in [2.45, 2.75) is 24.3 Å². The molecular formula is C18H18FN5OS. The van der Waals surface area contributed by atoms with Crippen LogP contribution in [-0.4, -0.2) is 26.5 Å². The fourth-order valence-corrected chi connectivity index (χ4v) is 4.38. The van der Waals surface area contributed by atoms with Gasteiger partial charge in [0.1, 0.15) is 5.82 Å². The minimum absolute atomic E-state index is 0.209. The van der Waals surface area contributed by atoms with E-state index >= 15 is 0 Å². The molecule has 2 N–H and O–H groups in total. The molecule has 0 bridgehead atoms. The highest BCUT2D eigenvalue weighted by atomic mass is 32.2. The van der Waals surface area contributed by atoms with E-state index in [0.717, 1.165) is 34.5 Å². The zero-order chi connectivity index (χ0) is 18.3. The molecular weight excluding hydrogens is 353 g/mol. The summed E-state index contributed by atoms with van der Waals surface area (Å²) < 4.78 is 15.7. The number of nitrogens with zero attached hydrogens (tertiary/aromatic N) is 3. The smallest absolute Gasteiger partial charge is 0.319 e. The second-order valence-corrected chi connectivity index (χ2v) is 7.36. The third-order valence-corrected chi connectivity index (χ3v) is 5.61. The van der Waals surface area contributed by atoms with Gasteiger partial charge in [-0.2, -0.15) is 5.10 Å². The van der Waals surface area contributed by atoms with E-state index < -0.39 is 0 Å². The summed E-state index contributed by atoms with van der Waals surface area (Å²) in [6.07, 6.45) is 2.36. The van der Waals surface area contributed by atoms with Gasteiger partial charge < -0.3 is 10.6 Å². The van der Waals surface area contributed by atoms with Crippen molar-refractivity contribution in [1.29, 1.82) is 0 Å². The van der Waals surface area contributed by atoms with Gasteiger partial charge in [0, 0.05) is 23.1 Å². The number of aromatic nitrogens is 3. The predicted molar refractivity (Wildman–Crippen MR) is 99.9 cm³/mol. The van der Waals surface area contributed by atoms with Crippen LogP contribution in [0.3, 0.4) is 0 Å². The van der Waals surface area contributed by atoms with E-state index in [4.69, 9.17) is 0 Å². The molecule has 4 rings (SSSR count). The molecule has 1 aromatic carbocycles. The van der Waals surface area contributed by atoms with Gasteiger partial charge in [0.2, 0.25) is 0 Å². The lowest BCUT2D eigenvalue weighted by Gasteiger charge is -2.26. The molecule has 0 saturated carbocycles. The fourth-order valence-electron chi connectivity index (χ4n) is 3.24. The lowest BCUT2D eigenvalue weighted by Crippen LogP contribution is -2.34. The van der Waals surface area contributed by atoms with Gasteiger partial charge >= 0.3 is 6.03 Å². The summed E-state index contributed by atoms with van der Waals surface area (Å²) in [6, 6.07) is 6.30. The van der Waals surface area contributed by atoms with Crippen molar-refractivity contribution < 1.29 is 9.18 Å². The van der Waals surface area contributed by atoms with E-state index in [0.29, 0.717) is 10.6 Å². The van der Waals surface area contributed by atoms with Crippen molar-refractivity contribution >= 4 is 34.5 Å². The Morgan fingerprint density at radius 1 is 1.42 bits per heavy atom. The molecule has 1 unspecified atom stereocenters. The molecule has 3 aromatic rings. The molecule has 0 radical (unpaired) electrons. The van der Waals surface area contributed by atoms with Crippen LogP contribution in [0.5, 0.6) is 0 Å². The Balaban J connectivity index is 1.52. The van der Waals surface area contributed by atoms with E-state index in [9.17, 15) is 9.18 Å². The van der Waals surface area contributed by atoms with Crippen molar-refractivity contribution in [3.05, 3.63) is 47.5 Å². The van der Waals surface area contributed by atoms with Crippen molar-refractivity contribution in [2.75, 3.05) is 11.1 Å². The molecule has 134 valence electrons. The molecule has 2 aromatic heterocycles. The molecule has 26 heavy (non-hydrogen) atoms. The van der Waals surface area contributed by atoms with Gasteiger partial charge in [-0.1, -0.05) is 12.1 Å². The molecule has 1 aliphatic heterocycles. The number of amides is 2. The highest BCUT2D eigenvalue weighted by Crippen LogP contribution is 2.37. The third-order valence-electron chi connectivity index (χ3n) is 4.45. The van der Waals surface area contributed by atoms with Crippen LogP contribution >= 0.6 is 11.8 Å². The second kappa shape index (κ2) is 6.60. The highest BCUT2D eigenvalue weighted by Gasteiger charge is 2.24. The molecule has 0 fully saturated rings. The first kappa shape index (κ1) is 16.8. The number of carbonyl (C=O) groups excluding carboxylic acids is 1. The molecule has 1 atom stereocenters. The van der Waals surface area contributed by atoms with Crippen LogP contribution in [0.1, 0.15) is 23.7 Å². The average Bonchev–Trinajstić information content (AvgIpc) is 2.90. The lowest BCUT2D eigenvalue weighted by atomic mass is 10.0. The minimum atomic E-state index is -0.334. The van der Waals surface area contributed by atoms with Crippen molar-refractivity contribution in [3.63, 3.8) is 0 Å². The number of benzene rings is 1. The van der Waals surface area contributed by atoms with Crippen LogP contribution in [0.25, 0.3) is 11.0 Å². The molecule has 0 aliphatic carbocycles. The van der Waals surface area contributed by atoms with Crippen LogP contribution in [0, 0.1) is 12.7 Å². The number of halogens is 1. The van der Waals surface area contributed by atoms with Gasteiger partial charge in [0.15, 0.2) is 5.65 Å². The quantitative estimate of drug-likeness (QED) is 0.719. The Labute approximate surface area is 154 Å². The van der Waals surface area contributed by atoms with E-state index in [1.165, 1.54) is 17.8 Å². The topological polar surface area (TPSA) is 71.8 Å². The number of rotatable bonds is 2. The monoisotopic (exact) mass is 371 g/mol. The van der Waals surface area contributed by atoms with Crippen molar-refractivity contribution in [2.24, 2.45) is 7.05 Å². The molecule has 1 aliphatic rings. The number of hydrogen-bond donors (Lipinski definition) is 2. The zero-order valence-electron chi connectivity index (χ0n) is 14.4. The first-order valence-electron chi connectivity index (χ1n) is 8.31. The number of pyridine rings is 1. The predicted octanol–water partition coefficient (Wildman–Crippen LogP) is 3.77. The molecule has 0 spiro atoms. The van der Waals surface area contributed by atoms with Gasteiger partial charge in [-0.25, -0.2) is 14.2 Å². The number of carbonyl (C=O) groups is 1. The Morgan fingerprint density at radius 2 is 2.27 bits per heavy atom. The normalized spacial score (nSPS) is 16.3. The van der Waals surface area contributed by atoms with Crippen LogP contribution in [-0.2, 0) is 7.05 Å². The van der Waals surface area contributed by atoms with E-state index in [-0.39, 0.29) is 17.9 Å². The zero-order valence-corrected chi connectivity index (χ0v) is 15.2. The number of urea groups is 1. The maximum absolute atomic E-state index is 14.0. The Bertz CT molecular complexity index is 1000. The maximum atomic E-state index is 14.0. The largest absolute Gasteiger partial charge is 0.331 e. The number of fused-ring (bicyclic) bond motifs is 2. The molecule has 6 nitrogen and oxygen atoms in total. The Hall–Kier alpha value is -2.61. The van der Waals surface area contributed by atoms with Gasteiger partial charge in [-0.15, -0.1) is 11.8 Å². The van der Waals surface area contributed by atoms with Gasteiger partial charge in [0.05, 0.1) is 23.6 Å². The number of hydrogen-bond acceptors (Lipinski definition) is 4. The number of aryl methyl sites for hydroxylation is 2. The minimum Gasteiger partial charge on any atom is -0.331 e. The summed E-state index contributed by atoms with van der Waals surface area (Å²) in [4.78, 5) is 17.4. The van der Waals surface area contributed by atoms with Crippen LogP contribution in [0.4, 0.5) is 14.9 Å². The van der Waals surface area contributed by atoms with Crippen LogP contribution < -0.4 is 10.6 Å². The number of nitrogens with one attached hydrogen (secondary N) is 2. The Morgan fingerprint density at radius 3 is 3.12 bits per heavy atom. The molecule has 0 saturated heterocycles. The van der Waals surface area contributed by atoms with Gasteiger partial charge in [-0.05, 0) is 31.0 Å². The SMILES string of the molecule is Cc1nn(C)c2ncc(NC(=O)NC3CCSc4c(F)cccc43)cc12. The first-order chi connectivity index (χ1) is 12.5. The highest BCUT2D eigenvalue weighted by molar-refractivity contribution is 7.99. The number of thioether (sulfide) groups is 1. The fraction of sp³-hybridized carbons (Fsp3) is 0.278. The summed E-state index contributed by atoms with van der Waals surface area (Å²) >= 11 is 1.49. The summed E-state index contributed by atoms with van der Waals surface area (Å²) in [6.45, 7) is 1.90. The second-order valence-electron chi connectivity index (χ2n) is 6.25. The number of anilines is 1. The summed E-state index contributed by atoms with van der Waals surface area (Å²) in [7, 11) is 1.83. The van der Waals surface area contributed by atoms with Crippen molar-refractivity contribution in [3.8, 4) is 0 Å². The molecule has 3 heterocycles. The lowest BCUT2D eigenvalue weighted by molar-refractivity contribution is 0.248. The summed E-state index contributed by atoms with van der Waals surface area (Å²) in [5.41, 5.74) is 3.04. The molecule has 8 heteroatoms. The molecule has 2 amide bonds. The third kappa shape index (κ3) is 3.01. The summed E-state index contributed by atoms with van der Waals surface area (Å²) in [5.74, 6) is 0.530. The Kier molecular flexibility index (Phi) is 4.28. The van der Waals surface area contributed by atoms with E-state index in [1.807, 2.05) is 26.1 Å². The first-order valence-corrected chi connectivity index (χ1v) is 9.29. The van der Waals surface area contributed by atoms with Gasteiger partial charge in [0.25, 0.3) is 0 Å². The van der Waals surface area contributed by atoms with Crippen LogP contribution in [0.2, 0.25) is 0 Å². The standard InChI is InChI=1S/C18H18FN5OS/c1-10-13-8-11(9-20-17(13)24(2)23-10)21-18(25)22-15-6-7-26-16-12(15)4-3-5-14(16)19/h3-5,8-9,15H,6-7H2,1-2H3,(H2,21,22,25). The van der Waals surface area contributed by atoms with E-state index in [2.05, 4.69) is 20.7 Å². The van der Waals surface area contributed by atoms with Crippen LogP contribution in [0.15, 0.2) is 35.4 Å². The van der Waals surface area contributed by atoms with Gasteiger partial charge in [-0.3, -0.25) is 4.68 Å². The average molecular weight is 371 g/mol. The van der Waals surface area contributed by atoms with E-state index in [1.54, 1.807) is 16.9 Å².